The summed E-state index contributed by atoms with van der Waals surface area (Å²) in [5, 5.41) is 0.593. The molecule has 0 radical (unpaired) electrons. The Bertz CT molecular complexity index is 927. The van der Waals surface area contributed by atoms with Crippen LogP contribution in [-0.4, -0.2) is 24.4 Å². The summed E-state index contributed by atoms with van der Waals surface area (Å²) in [7, 11) is 3.17. The highest BCUT2D eigenvalue weighted by Crippen LogP contribution is 2.38. The zero-order chi connectivity index (χ0) is 18.8. The van der Waals surface area contributed by atoms with E-state index in [4.69, 9.17) is 33.3 Å². The summed E-state index contributed by atoms with van der Waals surface area (Å²) in [4.78, 5) is 14.9. The van der Waals surface area contributed by atoms with Crippen molar-refractivity contribution in [3.05, 3.63) is 57.5 Å². The lowest BCUT2D eigenvalue weighted by Gasteiger charge is -2.15. The van der Waals surface area contributed by atoms with Gasteiger partial charge in [-0.1, -0.05) is 41.6 Å². The van der Waals surface area contributed by atoms with Crippen LogP contribution in [0.5, 0.6) is 11.5 Å². The van der Waals surface area contributed by atoms with E-state index in [0.717, 1.165) is 11.1 Å². The summed E-state index contributed by atoms with van der Waals surface area (Å²) in [5.74, 6) is 1.14. The predicted octanol–water partition coefficient (Wildman–Crippen LogP) is 5.07. The van der Waals surface area contributed by atoms with Gasteiger partial charge in [-0.25, -0.2) is 0 Å². The second kappa shape index (κ2) is 7.70. The van der Waals surface area contributed by atoms with Crippen molar-refractivity contribution < 1.29 is 14.3 Å². The van der Waals surface area contributed by atoms with Crippen LogP contribution in [0, 0.1) is 6.92 Å². The number of amides is 1. The van der Waals surface area contributed by atoms with Gasteiger partial charge in [-0.3, -0.25) is 9.69 Å². The Labute approximate surface area is 166 Å². The van der Waals surface area contributed by atoms with Gasteiger partial charge < -0.3 is 9.47 Å². The Morgan fingerprint density at radius 2 is 1.92 bits per heavy atom. The highest BCUT2D eigenvalue weighted by atomic mass is 35.5. The Hall–Kier alpha value is -2.02. The van der Waals surface area contributed by atoms with Crippen molar-refractivity contribution in [2.45, 2.75) is 6.92 Å². The van der Waals surface area contributed by atoms with Gasteiger partial charge in [0, 0.05) is 10.6 Å². The Balaban J connectivity index is 1.98. The maximum Gasteiger partial charge on any atom is 0.270 e. The van der Waals surface area contributed by atoms with Crippen molar-refractivity contribution in [1.29, 1.82) is 0 Å². The van der Waals surface area contributed by atoms with Crippen molar-refractivity contribution >= 4 is 57.6 Å². The number of anilines is 1. The molecule has 26 heavy (non-hydrogen) atoms. The second-order valence-corrected chi connectivity index (χ2v) is 7.64. The smallest absolute Gasteiger partial charge is 0.270 e. The van der Waals surface area contributed by atoms with Crippen LogP contribution in [0.1, 0.15) is 11.1 Å². The number of ether oxygens (including phenoxy) is 2. The lowest BCUT2D eigenvalue weighted by molar-refractivity contribution is -0.113. The summed E-state index contributed by atoms with van der Waals surface area (Å²) in [6.07, 6.45) is 1.76. The molecule has 0 saturated carbocycles. The maximum atomic E-state index is 12.9. The quantitative estimate of drug-likeness (QED) is 0.524. The summed E-state index contributed by atoms with van der Waals surface area (Å²) in [6, 6.07) is 10.9. The topological polar surface area (TPSA) is 38.8 Å². The van der Waals surface area contributed by atoms with E-state index in [2.05, 4.69) is 0 Å². The fourth-order valence-corrected chi connectivity index (χ4v) is 3.97. The maximum absolute atomic E-state index is 12.9. The van der Waals surface area contributed by atoms with Crippen molar-refractivity contribution in [3.8, 4) is 11.5 Å². The fourth-order valence-electron chi connectivity index (χ4n) is 2.50. The largest absolute Gasteiger partial charge is 0.497 e. The minimum Gasteiger partial charge on any atom is -0.497 e. The number of thiocarbonyl (C=S) groups is 1. The van der Waals surface area contributed by atoms with E-state index < -0.39 is 0 Å². The van der Waals surface area contributed by atoms with Gasteiger partial charge in [0.15, 0.2) is 4.32 Å². The lowest BCUT2D eigenvalue weighted by atomic mass is 10.1. The van der Waals surface area contributed by atoms with Gasteiger partial charge in [-0.05, 0) is 48.9 Å². The van der Waals surface area contributed by atoms with Crippen molar-refractivity contribution in [1.82, 2.24) is 0 Å². The van der Waals surface area contributed by atoms with Gasteiger partial charge in [-0.2, -0.15) is 0 Å². The first-order valence-corrected chi connectivity index (χ1v) is 9.31. The first-order valence-electron chi connectivity index (χ1n) is 7.70. The minimum atomic E-state index is -0.190. The number of rotatable bonds is 4. The molecule has 1 amide bonds. The number of nitrogens with zero attached hydrogens (tertiary/aromatic N) is 1. The molecule has 0 bridgehead atoms. The number of carbonyl (C=O) groups excluding carboxylic acids is 1. The van der Waals surface area contributed by atoms with Crippen LogP contribution in [0.4, 0.5) is 5.69 Å². The third-order valence-corrected chi connectivity index (χ3v) is 5.64. The number of hydrogen-bond acceptors (Lipinski definition) is 5. The lowest BCUT2D eigenvalue weighted by Crippen LogP contribution is -2.27. The molecule has 2 aromatic carbocycles. The zero-order valence-corrected chi connectivity index (χ0v) is 16.8. The Kier molecular flexibility index (Phi) is 5.55. The highest BCUT2D eigenvalue weighted by molar-refractivity contribution is 8.27. The number of carbonyl (C=O) groups is 1. The summed E-state index contributed by atoms with van der Waals surface area (Å²) < 4.78 is 11.1. The predicted molar refractivity (Wildman–Crippen MR) is 111 cm³/mol. The van der Waals surface area contributed by atoms with E-state index in [0.29, 0.717) is 31.4 Å². The van der Waals surface area contributed by atoms with E-state index in [1.165, 1.54) is 16.7 Å². The highest BCUT2D eigenvalue weighted by Gasteiger charge is 2.33. The molecule has 0 atom stereocenters. The fraction of sp³-hybridized carbons (Fsp3) is 0.158. The average Bonchev–Trinajstić information content (AvgIpc) is 2.91. The number of thioether (sulfide) groups is 1. The molecular formula is C19H16ClNO3S2. The third-order valence-electron chi connectivity index (χ3n) is 3.93. The third kappa shape index (κ3) is 3.58. The molecule has 0 spiro atoms. The molecule has 1 aliphatic rings. The Morgan fingerprint density at radius 1 is 1.15 bits per heavy atom. The first-order chi connectivity index (χ1) is 12.4. The number of hydrogen-bond donors (Lipinski definition) is 0. The molecule has 4 nitrogen and oxygen atoms in total. The minimum absolute atomic E-state index is 0.190. The van der Waals surface area contributed by atoms with Gasteiger partial charge in [0.25, 0.3) is 5.91 Å². The van der Waals surface area contributed by atoms with Gasteiger partial charge >= 0.3 is 0 Å². The molecule has 0 aliphatic carbocycles. The number of aryl methyl sites for hydroxylation is 1. The molecule has 0 N–H and O–H groups in total. The van der Waals surface area contributed by atoms with E-state index in [1.54, 1.807) is 38.5 Å². The summed E-state index contributed by atoms with van der Waals surface area (Å²) in [6.45, 7) is 1.91. The molecular weight excluding hydrogens is 390 g/mol. The van der Waals surface area contributed by atoms with E-state index >= 15 is 0 Å². The normalized spacial score (nSPS) is 15.7. The van der Waals surface area contributed by atoms with Gasteiger partial charge in [-0.15, -0.1) is 0 Å². The van der Waals surface area contributed by atoms with Crippen LogP contribution in [0.25, 0.3) is 6.08 Å². The van der Waals surface area contributed by atoms with Gasteiger partial charge in [0.05, 0.1) is 24.8 Å². The van der Waals surface area contributed by atoms with Crippen LogP contribution in [0.3, 0.4) is 0 Å². The zero-order valence-electron chi connectivity index (χ0n) is 14.4. The van der Waals surface area contributed by atoms with Crippen LogP contribution in [0.15, 0.2) is 41.3 Å². The van der Waals surface area contributed by atoms with Crippen LogP contribution in [0.2, 0.25) is 5.02 Å². The molecule has 1 saturated heterocycles. The second-order valence-electron chi connectivity index (χ2n) is 5.56. The van der Waals surface area contributed by atoms with Crippen LogP contribution < -0.4 is 14.4 Å². The number of methoxy groups -OCH3 is 2. The van der Waals surface area contributed by atoms with Crippen molar-refractivity contribution in [2.24, 2.45) is 0 Å². The molecule has 3 rings (SSSR count). The average molecular weight is 406 g/mol. The standard InChI is InChI=1S/C19H16ClNO3S2/c1-11-4-5-13(10-15(11)20)21-18(22)17(26-19(21)25)9-12-8-14(23-2)6-7-16(12)24-3/h4-10H,1-3H3. The molecule has 0 unspecified atom stereocenters. The molecule has 7 heteroatoms. The Morgan fingerprint density at radius 3 is 2.58 bits per heavy atom. The number of halogens is 1. The van der Waals surface area contributed by atoms with E-state index in [1.807, 2.05) is 25.1 Å². The molecule has 1 aliphatic heterocycles. The monoisotopic (exact) mass is 405 g/mol. The molecule has 1 heterocycles. The first kappa shape index (κ1) is 18.8. The van der Waals surface area contributed by atoms with E-state index in [-0.39, 0.29) is 5.91 Å². The van der Waals surface area contributed by atoms with Gasteiger partial charge in [0.2, 0.25) is 0 Å². The van der Waals surface area contributed by atoms with Crippen LogP contribution in [-0.2, 0) is 4.79 Å². The number of benzene rings is 2. The van der Waals surface area contributed by atoms with E-state index in [9.17, 15) is 4.79 Å². The molecule has 1 fully saturated rings. The molecule has 134 valence electrons. The summed E-state index contributed by atoms with van der Waals surface area (Å²) in [5.41, 5.74) is 2.34. The van der Waals surface area contributed by atoms with Crippen molar-refractivity contribution in [2.75, 3.05) is 19.1 Å². The molecule has 0 aromatic heterocycles. The van der Waals surface area contributed by atoms with Crippen LogP contribution >= 0.6 is 35.6 Å². The molecule has 2 aromatic rings. The van der Waals surface area contributed by atoms with Gasteiger partial charge in [0.1, 0.15) is 11.5 Å². The summed E-state index contributed by atoms with van der Waals surface area (Å²) >= 11 is 12.8. The van der Waals surface area contributed by atoms with Crippen molar-refractivity contribution in [3.63, 3.8) is 0 Å². The SMILES string of the molecule is COc1ccc(OC)c(C=C2SC(=S)N(c3ccc(C)c(Cl)c3)C2=O)c1.